The molecule has 3 nitrogen and oxygen atoms in total. The molecule has 2 aromatic carbocycles. The largest absolute Gasteiger partial charge is 0.457 e. The van der Waals surface area contributed by atoms with Gasteiger partial charge in [-0.1, -0.05) is 6.07 Å². The summed E-state index contributed by atoms with van der Waals surface area (Å²) in [4.78, 5) is 0. The number of nitrogens with zero attached hydrogens (tertiary/aromatic N) is 1. The van der Waals surface area contributed by atoms with E-state index >= 15 is 0 Å². The molecule has 1 N–H and O–H groups in total. The Hall–Kier alpha value is -2.38. The number of hydrogen-bond acceptors (Lipinski definition) is 3. The molecule has 19 heavy (non-hydrogen) atoms. The third-order valence-corrected chi connectivity index (χ3v) is 2.73. The van der Waals surface area contributed by atoms with Crippen LogP contribution in [0.2, 0.25) is 0 Å². The van der Waals surface area contributed by atoms with Gasteiger partial charge in [0.15, 0.2) is 0 Å². The molecule has 0 aromatic heterocycles. The van der Waals surface area contributed by atoms with Crippen molar-refractivity contribution in [3.8, 4) is 17.6 Å². The van der Waals surface area contributed by atoms with Crippen LogP contribution in [0.25, 0.3) is 0 Å². The number of halogens is 1. The molecule has 0 aliphatic rings. The van der Waals surface area contributed by atoms with Gasteiger partial charge in [-0.25, -0.2) is 4.39 Å². The molecule has 0 aliphatic heterocycles. The number of benzene rings is 2. The first-order valence-corrected chi connectivity index (χ1v) is 5.72. The van der Waals surface area contributed by atoms with Crippen molar-refractivity contribution in [1.29, 1.82) is 5.26 Å². The predicted molar refractivity (Wildman–Crippen MR) is 68.3 cm³/mol. The van der Waals surface area contributed by atoms with E-state index in [0.717, 1.165) is 5.56 Å². The van der Waals surface area contributed by atoms with Crippen molar-refractivity contribution in [2.45, 2.75) is 13.5 Å². The van der Waals surface area contributed by atoms with E-state index in [-0.39, 0.29) is 6.61 Å². The van der Waals surface area contributed by atoms with Crippen molar-refractivity contribution in [3.05, 3.63) is 58.9 Å². The number of aryl methyl sites for hydroxylation is 1. The monoisotopic (exact) mass is 257 g/mol. The van der Waals surface area contributed by atoms with Gasteiger partial charge in [-0.3, -0.25) is 0 Å². The van der Waals surface area contributed by atoms with E-state index < -0.39 is 5.82 Å². The lowest BCUT2D eigenvalue weighted by Gasteiger charge is -2.12. The maximum atomic E-state index is 13.1. The van der Waals surface area contributed by atoms with Crippen LogP contribution >= 0.6 is 0 Å². The van der Waals surface area contributed by atoms with Crippen molar-refractivity contribution in [2.24, 2.45) is 0 Å². The van der Waals surface area contributed by atoms with E-state index in [4.69, 9.17) is 10.00 Å². The average molecular weight is 257 g/mol. The lowest BCUT2D eigenvalue weighted by Crippen LogP contribution is -1.94. The molecule has 0 heterocycles. The zero-order valence-electron chi connectivity index (χ0n) is 10.4. The minimum Gasteiger partial charge on any atom is -0.457 e. The molecular weight excluding hydrogens is 245 g/mol. The molecule has 0 saturated heterocycles. The molecule has 2 rings (SSSR count). The second-order valence-electron chi connectivity index (χ2n) is 4.10. The lowest BCUT2D eigenvalue weighted by molar-refractivity contribution is 0.275. The number of aliphatic hydroxyl groups excluding tert-OH is 1. The van der Waals surface area contributed by atoms with Crippen molar-refractivity contribution in [3.63, 3.8) is 0 Å². The van der Waals surface area contributed by atoms with Gasteiger partial charge in [0.1, 0.15) is 17.3 Å². The van der Waals surface area contributed by atoms with Gasteiger partial charge in [0.2, 0.25) is 0 Å². The van der Waals surface area contributed by atoms with E-state index in [0.29, 0.717) is 22.6 Å². The summed E-state index contributed by atoms with van der Waals surface area (Å²) in [7, 11) is 0. The molecule has 0 atom stereocenters. The summed E-state index contributed by atoms with van der Waals surface area (Å²) in [5, 5.41) is 18.1. The van der Waals surface area contributed by atoms with Crippen molar-refractivity contribution in [1.82, 2.24) is 0 Å². The third-order valence-electron chi connectivity index (χ3n) is 2.73. The number of hydrogen-bond donors (Lipinski definition) is 1. The Labute approximate surface area is 110 Å². The van der Waals surface area contributed by atoms with Crippen molar-refractivity contribution < 1.29 is 14.2 Å². The Morgan fingerprint density at radius 2 is 2.00 bits per heavy atom. The smallest absolute Gasteiger partial charge is 0.133 e. The Morgan fingerprint density at radius 1 is 1.21 bits per heavy atom. The maximum Gasteiger partial charge on any atom is 0.133 e. The second-order valence-corrected chi connectivity index (χ2v) is 4.10. The molecule has 0 spiro atoms. The van der Waals surface area contributed by atoms with Crippen molar-refractivity contribution in [2.75, 3.05) is 0 Å². The number of ether oxygens (including phenoxy) is 1. The van der Waals surface area contributed by atoms with Crippen LogP contribution in [-0.2, 0) is 6.61 Å². The second kappa shape index (κ2) is 5.51. The van der Waals surface area contributed by atoms with Gasteiger partial charge in [0, 0.05) is 5.56 Å². The molecule has 0 fully saturated rings. The van der Waals surface area contributed by atoms with Crippen LogP contribution in [0.3, 0.4) is 0 Å². The van der Waals surface area contributed by atoms with Gasteiger partial charge in [-0.2, -0.15) is 5.26 Å². The molecule has 0 bridgehead atoms. The zero-order chi connectivity index (χ0) is 13.8. The van der Waals surface area contributed by atoms with Gasteiger partial charge < -0.3 is 9.84 Å². The van der Waals surface area contributed by atoms with Crippen LogP contribution in [-0.4, -0.2) is 5.11 Å². The molecule has 2 aromatic rings. The molecule has 0 saturated carbocycles. The predicted octanol–water partition coefficient (Wildman–Crippen LogP) is 3.29. The topological polar surface area (TPSA) is 53.2 Å². The van der Waals surface area contributed by atoms with Gasteiger partial charge >= 0.3 is 0 Å². The lowest BCUT2D eigenvalue weighted by atomic mass is 10.1. The summed E-state index contributed by atoms with van der Waals surface area (Å²) in [6.45, 7) is 1.53. The summed E-state index contributed by atoms with van der Waals surface area (Å²) < 4.78 is 18.7. The van der Waals surface area contributed by atoms with Crippen LogP contribution in [0.1, 0.15) is 16.7 Å². The van der Waals surface area contributed by atoms with Gasteiger partial charge in [0.05, 0.1) is 18.2 Å². The van der Waals surface area contributed by atoms with Crippen LogP contribution in [0.4, 0.5) is 4.39 Å². The fraction of sp³-hybridized carbons (Fsp3) is 0.133. The molecule has 0 radical (unpaired) electrons. The minimum atomic E-state index is -0.432. The molecule has 96 valence electrons. The van der Waals surface area contributed by atoms with Gasteiger partial charge in [-0.05, 0) is 42.8 Å². The van der Waals surface area contributed by atoms with E-state index in [2.05, 4.69) is 0 Å². The fourth-order valence-electron chi connectivity index (χ4n) is 1.67. The highest BCUT2D eigenvalue weighted by atomic mass is 19.1. The van der Waals surface area contributed by atoms with Crippen molar-refractivity contribution >= 4 is 0 Å². The van der Waals surface area contributed by atoms with Gasteiger partial charge in [-0.15, -0.1) is 0 Å². The van der Waals surface area contributed by atoms with E-state index in [1.54, 1.807) is 18.2 Å². The number of aliphatic hydroxyl groups is 1. The summed E-state index contributed by atoms with van der Waals surface area (Å²) in [5.74, 6) is 0.460. The SMILES string of the molecule is Cc1ccc(C#N)cc1Oc1ccc(F)cc1CO. The molecule has 4 heteroatoms. The third kappa shape index (κ3) is 2.90. The van der Waals surface area contributed by atoms with Crippen LogP contribution in [0.5, 0.6) is 11.5 Å². The highest BCUT2D eigenvalue weighted by molar-refractivity contribution is 5.45. The first kappa shape index (κ1) is 13.1. The van der Waals surface area contributed by atoms with Gasteiger partial charge in [0.25, 0.3) is 0 Å². The van der Waals surface area contributed by atoms with Crippen LogP contribution in [0.15, 0.2) is 36.4 Å². The Balaban J connectivity index is 2.39. The number of nitriles is 1. The highest BCUT2D eigenvalue weighted by Gasteiger charge is 2.08. The Kier molecular flexibility index (Phi) is 3.79. The maximum absolute atomic E-state index is 13.1. The average Bonchev–Trinajstić information content (AvgIpc) is 2.43. The van der Waals surface area contributed by atoms with Crippen LogP contribution in [0, 0.1) is 24.1 Å². The Bertz CT molecular complexity index is 647. The quantitative estimate of drug-likeness (QED) is 0.917. The minimum absolute atomic E-state index is 0.315. The summed E-state index contributed by atoms with van der Waals surface area (Å²) in [6, 6.07) is 11.0. The van der Waals surface area contributed by atoms with E-state index in [9.17, 15) is 9.50 Å². The number of rotatable bonds is 3. The molecule has 0 aliphatic carbocycles. The highest BCUT2D eigenvalue weighted by Crippen LogP contribution is 2.29. The fourth-order valence-corrected chi connectivity index (χ4v) is 1.67. The standard InChI is InChI=1S/C15H12FNO2/c1-10-2-3-11(8-17)6-15(10)19-14-5-4-13(16)7-12(14)9-18/h2-7,18H,9H2,1H3. The summed E-state index contributed by atoms with van der Waals surface area (Å²) in [6.07, 6.45) is 0. The normalized spacial score (nSPS) is 10.0. The molecule has 0 unspecified atom stereocenters. The Morgan fingerprint density at radius 3 is 2.68 bits per heavy atom. The summed E-state index contributed by atoms with van der Waals surface area (Å²) in [5.41, 5.74) is 1.70. The molecule has 0 amide bonds. The van der Waals surface area contributed by atoms with E-state index in [1.807, 2.05) is 13.0 Å². The first-order chi connectivity index (χ1) is 9.13. The zero-order valence-corrected chi connectivity index (χ0v) is 10.4. The first-order valence-electron chi connectivity index (χ1n) is 5.72. The molecular formula is C15H12FNO2. The van der Waals surface area contributed by atoms with Crippen LogP contribution < -0.4 is 4.74 Å². The van der Waals surface area contributed by atoms with E-state index in [1.165, 1.54) is 18.2 Å². The summed E-state index contributed by atoms with van der Waals surface area (Å²) >= 11 is 0.